The van der Waals surface area contributed by atoms with E-state index in [1.807, 2.05) is 84.8 Å². The van der Waals surface area contributed by atoms with Gasteiger partial charge in [-0.2, -0.15) is 0 Å². The molecule has 17 heteroatoms. The molecule has 69 heavy (non-hydrogen) atoms. The molecule has 388 valence electrons. The Balaban J connectivity index is 1.38. The zero-order valence-electron chi connectivity index (χ0n) is 43.5. The van der Waals surface area contributed by atoms with Crippen LogP contribution >= 0.6 is 0 Å². The first kappa shape index (κ1) is 55.0. The number of esters is 3. The summed E-state index contributed by atoms with van der Waals surface area (Å²) in [7, 11) is 6.95. The van der Waals surface area contributed by atoms with Gasteiger partial charge >= 0.3 is 17.9 Å². The Hall–Kier alpha value is -3.36. The van der Waals surface area contributed by atoms with E-state index in [4.69, 9.17) is 47.4 Å². The smallest absolute Gasteiger partial charge is 0.339 e. The number of para-hydroxylation sites is 1. The molecule has 1 aromatic carbocycles. The minimum atomic E-state index is -1.69. The van der Waals surface area contributed by atoms with Crippen molar-refractivity contribution in [2.24, 2.45) is 23.7 Å². The molecule has 0 saturated carbocycles. The highest BCUT2D eigenvalue weighted by Gasteiger charge is 2.66. The molecule has 2 aromatic rings. The number of benzene rings is 1. The molecular weight excluding hydrogens is 893 g/mol. The monoisotopic (exact) mass is 973 g/mol. The third-order valence-electron chi connectivity index (χ3n) is 15.8. The number of rotatable bonds is 13. The van der Waals surface area contributed by atoms with Crippen LogP contribution in [0, 0.1) is 23.7 Å². The number of cyclic esters (lactones) is 1. The van der Waals surface area contributed by atoms with Gasteiger partial charge in [-0.25, -0.2) is 4.79 Å². The Labute approximate surface area is 408 Å². The van der Waals surface area contributed by atoms with E-state index in [0.29, 0.717) is 18.4 Å². The number of ether oxygens (including phenoxy) is 10. The summed E-state index contributed by atoms with van der Waals surface area (Å²) in [5, 5.41) is 25.5. The fraction of sp³-hybridized carbons (Fsp3) is 0.769. The van der Waals surface area contributed by atoms with Gasteiger partial charge in [0.25, 0.3) is 0 Å². The molecule has 0 aliphatic carbocycles. The lowest BCUT2D eigenvalue weighted by Gasteiger charge is -2.50. The van der Waals surface area contributed by atoms with Gasteiger partial charge in [0.05, 0.1) is 65.3 Å². The average Bonchev–Trinajstić information content (AvgIpc) is 4.00. The zero-order valence-corrected chi connectivity index (χ0v) is 43.5. The molecule has 0 bridgehead atoms. The molecule has 17 nitrogen and oxygen atoms in total. The Morgan fingerprint density at radius 1 is 0.942 bits per heavy atom. The van der Waals surface area contributed by atoms with Crippen LogP contribution in [0.1, 0.15) is 119 Å². The van der Waals surface area contributed by atoms with Crippen LogP contribution in [0.15, 0.2) is 36.5 Å². The van der Waals surface area contributed by atoms with Gasteiger partial charge in [0.2, 0.25) is 0 Å². The maximum absolute atomic E-state index is 14.9. The van der Waals surface area contributed by atoms with Crippen LogP contribution in [-0.4, -0.2) is 163 Å². The number of epoxide rings is 1. The molecule has 0 spiro atoms. The molecule has 5 heterocycles. The lowest BCUT2D eigenvalue weighted by atomic mass is 9.69. The Kier molecular flexibility index (Phi) is 17.3. The second-order valence-electron chi connectivity index (χ2n) is 21.3. The van der Waals surface area contributed by atoms with E-state index in [2.05, 4.69) is 11.9 Å². The highest BCUT2D eigenvalue weighted by molar-refractivity contribution is 5.93. The number of methoxy groups -OCH3 is 2. The molecule has 4 fully saturated rings. The van der Waals surface area contributed by atoms with Gasteiger partial charge in [-0.1, -0.05) is 39.0 Å². The molecule has 6 rings (SSSR count). The molecule has 4 aliphatic heterocycles. The fourth-order valence-corrected chi connectivity index (χ4v) is 11.8. The molecular formula is C52H80N2O15. The summed E-state index contributed by atoms with van der Waals surface area (Å²) in [6, 6.07) is 8.95. The van der Waals surface area contributed by atoms with Crippen LogP contribution in [0.5, 0.6) is 0 Å². The van der Waals surface area contributed by atoms with Crippen LogP contribution in [0.4, 0.5) is 0 Å². The maximum atomic E-state index is 14.9. The standard InChI is InChI=1S/C52H80N2O15/c1-16-39-51(10,59)38(21-22-62-47(58)35-24-34-19-17-18-20-36(34)53-27-35)52(11)43(69-52)28(2)25-49(8,60-14)44(68-48-41(56)37(54(12)13)23-29(3)63-48)30(4)42(31(5)46(57)66-39)67-40-26-50(9,61-15)45(32(6)64-40)65-33(7)55/h17-20,24,27-32,37-45,48,56,59H,16,21-23,25-26H2,1-15H3/t28-,29-,30+,31-,32+,37+,38+,39-,40?,41-,42+,43?,44-,45+,48+,49-,50-,51+,52?/m1/s1. The summed E-state index contributed by atoms with van der Waals surface area (Å²) in [5.74, 6) is -4.33. The minimum Gasteiger partial charge on any atom is -0.462 e. The number of carbonyl (C=O) groups is 3. The van der Waals surface area contributed by atoms with E-state index in [0.717, 1.165) is 10.9 Å². The molecule has 1 aromatic heterocycles. The number of hydrogen-bond acceptors (Lipinski definition) is 17. The summed E-state index contributed by atoms with van der Waals surface area (Å²) in [6.07, 6.45) is -5.21. The first-order valence-electron chi connectivity index (χ1n) is 24.7. The molecule has 4 saturated heterocycles. The van der Waals surface area contributed by atoms with Crippen LogP contribution in [0.2, 0.25) is 0 Å². The lowest BCUT2D eigenvalue weighted by molar-refractivity contribution is -0.320. The normalized spacial score (nSPS) is 42.2. The van der Waals surface area contributed by atoms with Gasteiger partial charge in [-0.05, 0) is 106 Å². The number of pyridine rings is 1. The molecule has 3 unspecified atom stereocenters. The Bertz CT molecular complexity index is 2090. The van der Waals surface area contributed by atoms with Gasteiger partial charge in [0, 0.05) is 57.0 Å². The molecule has 4 aliphatic rings. The zero-order chi connectivity index (χ0) is 51.0. The second kappa shape index (κ2) is 21.8. The third kappa shape index (κ3) is 11.6. The van der Waals surface area contributed by atoms with Gasteiger partial charge in [0.1, 0.15) is 23.4 Å². The van der Waals surface area contributed by atoms with E-state index in [-0.39, 0.29) is 43.9 Å². The number of fused-ring (bicyclic) bond motifs is 2. The van der Waals surface area contributed by atoms with E-state index in [9.17, 15) is 24.6 Å². The Morgan fingerprint density at radius 2 is 1.61 bits per heavy atom. The summed E-state index contributed by atoms with van der Waals surface area (Å²) in [6.45, 7) is 19.8. The van der Waals surface area contributed by atoms with Crippen LogP contribution in [0.3, 0.4) is 0 Å². The first-order valence-corrected chi connectivity index (χ1v) is 24.7. The number of aliphatic hydroxyl groups excluding tert-OH is 1. The number of nitrogens with zero attached hydrogens (tertiary/aromatic N) is 2. The topological polar surface area (TPSA) is 203 Å². The predicted octanol–water partition coefficient (Wildman–Crippen LogP) is 6.01. The minimum absolute atomic E-state index is 0.0684. The van der Waals surface area contributed by atoms with Gasteiger partial charge in [-0.15, -0.1) is 0 Å². The van der Waals surface area contributed by atoms with Crippen molar-refractivity contribution in [2.45, 2.75) is 198 Å². The fourth-order valence-electron chi connectivity index (χ4n) is 11.8. The quantitative estimate of drug-likeness (QED) is 0.134. The predicted molar refractivity (Wildman–Crippen MR) is 254 cm³/mol. The van der Waals surface area contributed by atoms with Gasteiger partial charge in [-0.3, -0.25) is 14.6 Å². The second-order valence-corrected chi connectivity index (χ2v) is 21.3. The van der Waals surface area contributed by atoms with Crippen molar-refractivity contribution < 1.29 is 72.0 Å². The largest absolute Gasteiger partial charge is 0.462 e. The SMILES string of the molecule is CC[C@H]1OC(=O)[C@H](C)[C@@H](OC2C[C@@](C)(OC)[C@@H](OC(C)=O)[C@H](C)O2)[C@H](C)[C@@H](O[C@@H]2O[C@H](C)C[C@H](N(C)C)[C@H]2O)[C@](C)(OC)C[C@@H](C)C2OC2(C)[C@@H](CCOC(=O)c2cnc3ccccc3c2)[C@]1(C)O. The highest BCUT2D eigenvalue weighted by Crippen LogP contribution is 2.55. The van der Waals surface area contributed by atoms with Crippen molar-refractivity contribution in [3.05, 3.63) is 42.1 Å². The van der Waals surface area contributed by atoms with Crippen molar-refractivity contribution in [1.82, 2.24) is 9.88 Å². The maximum Gasteiger partial charge on any atom is 0.339 e. The van der Waals surface area contributed by atoms with E-state index >= 15 is 0 Å². The molecule has 0 radical (unpaired) electrons. The summed E-state index contributed by atoms with van der Waals surface area (Å²) in [4.78, 5) is 47.0. The third-order valence-corrected chi connectivity index (χ3v) is 15.8. The summed E-state index contributed by atoms with van der Waals surface area (Å²) >= 11 is 0. The molecule has 19 atom stereocenters. The van der Waals surface area contributed by atoms with Crippen molar-refractivity contribution in [2.75, 3.05) is 34.9 Å². The summed E-state index contributed by atoms with van der Waals surface area (Å²) in [5.41, 5.74) is -3.78. The van der Waals surface area contributed by atoms with E-state index < -0.39 is 113 Å². The van der Waals surface area contributed by atoms with Crippen molar-refractivity contribution in [3.8, 4) is 0 Å². The van der Waals surface area contributed by atoms with Crippen LogP contribution in [-0.2, 0) is 57.0 Å². The van der Waals surface area contributed by atoms with Gasteiger partial charge in [0.15, 0.2) is 18.7 Å². The number of aliphatic hydroxyl groups is 2. The number of hydrogen-bond donors (Lipinski definition) is 2. The number of likely N-dealkylation sites (N-methyl/N-ethyl adjacent to an activating group) is 1. The molecule has 0 amide bonds. The van der Waals surface area contributed by atoms with E-state index in [1.165, 1.54) is 20.2 Å². The highest BCUT2D eigenvalue weighted by atomic mass is 16.7. The average molecular weight is 973 g/mol. The number of aromatic nitrogens is 1. The van der Waals surface area contributed by atoms with Crippen molar-refractivity contribution in [3.63, 3.8) is 0 Å². The Morgan fingerprint density at radius 3 is 2.25 bits per heavy atom. The number of carbonyl (C=O) groups excluding carboxylic acids is 3. The summed E-state index contributed by atoms with van der Waals surface area (Å²) < 4.78 is 64.1. The lowest BCUT2D eigenvalue weighted by Crippen LogP contribution is -2.61. The van der Waals surface area contributed by atoms with E-state index in [1.54, 1.807) is 33.9 Å². The van der Waals surface area contributed by atoms with Gasteiger partial charge < -0.3 is 62.5 Å². The molecule has 2 N–H and O–H groups in total. The van der Waals surface area contributed by atoms with Crippen LogP contribution in [0.25, 0.3) is 10.9 Å². The van der Waals surface area contributed by atoms with Crippen LogP contribution < -0.4 is 0 Å². The van der Waals surface area contributed by atoms with Crippen molar-refractivity contribution in [1.29, 1.82) is 0 Å². The van der Waals surface area contributed by atoms with Crippen molar-refractivity contribution >= 4 is 28.8 Å². The first-order chi connectivity index (χ1) is 32.3.